The molecule has 4 aromatic carbocycles. The minimum Gasteiger partial charge on any atom is -0.456 e. The molecule has 6 rings (SSSR count). The van der Waals surface area contributed by atoms with Gasteiger partial charge in [0.05, 0.1) is 5.52 Å². The van der Waals surface area contributed by atoms with Crippen molar-refractivity contribution in [2.24, 2.45) is 0 Å². The molecule has 0 aliphatic rings. The van der Waals surface area contributed by atoms with Crippen LogP contribution in [0, 0.1) is 13.8 Å². The van der Waals surface area contributed by atoms with Crippen molar-refractivity contribution in [2.45, 2.75) is 13.8 Å². The second-order valence-corrected chi connectivity index (χ2v) is 7.86. The van der Waals surface area contributed by atoms with Gasteiger partial charge in [0.1, 0.15) is 16.9 Å². The molecule has 1 N–H and O–H groups in total. The second kappa shape index (κ2) is 6.33. The lowest BCUT2D eigenvalue weighted by atomic mass is 9.90. The van der Waals surface area contributed by atoms with E-state index in [1.165, 1.54) is 22.3 Å². The predicted molar refractivity (Wildman–Crippen MR) is 124 cm³/mol. The summed E-state index contributed by atoms with van der Waals surface area (Å²) >= 11 is 0. The molecule has 0 bridgehead atoms. The lowest BCUT2D eigenvalue weighted by molar-refractivity contribution is 0.669. The van der Waals surface area contributed by atoms with Crippen molar-refractivity contribution in [1.29, 1.82) is 0 Å². The van der Waals surface area contributed by atoms with E-state index in [1.807, 2.05) is 18.2 Å². The van der Waals surface area contributed by atoms with Crippen LogP contribution < -0.4 is 0 Å². The van der Waals surface area contributed by atoms with Crippen molar-refractivity contribution in [2.75, 3.05) is 0 Å². The van der Waals surface area contributed by atoms with E-state index >= 15 is 0 Å². The molecular weight excluding hydrogens is 368 g/mol. The molecule has 3 heteroatoms. The van der Waals surface area contributed by atoms with Crippen molar-refractivity contribution in [1.82, 2.24) is 10.2 Å². The third-order valence-electron chi connectivity index (χ3n) is 6.07. The van der Waals surface area contributed by atoms with Crippen LogP contribution in [0.3, 0.4) is 0 Å². The molecule has 144 valence electrons. The fourth-order valence-corrected chi connectivity index (χ4v) is 4.60. The monoisotopic (exact) mass is 388 g/mol. The molecule has 0 saturated heterocycles. The van der Waals surface area contributed by atoms with E-state index in [0.717, 1.165) is 44.1 Å². The van der Waals surface area contributed by atoms with Gasteiger partial charge in [0, 0.05) is 21.7 Å². The summed E-state index contributed by atoms with van der Waals surface area (Å²) in [5, 5.41) is 11.2. The Morgan fingerprint density at radius 3 is 2.40 bits per heavy atom. The largest absolute Gasteiger partial charge is 0.456 e. The maximum Gasteiger partial charge on any atom is 0.136 e. The summed E-state index contributed by atoms with van der Waals surface area (Å²) in [6.07, 6.45) is 0. The fraction of sp³-hybridized carbons (Fsp3) is 0.0741. The Balaban J connectivity index is 1.58. The van der Waals surface area contributed by atoms with Gasteiger partial charge in [-0.1, -0.05) is 54.6 Å². The Labute approximate surface area is 174 Å². The number of aromatic nitrogens is 2. The summed E-state index contributed by atoms with van der Waals surface area (Å²) in [5.74, 6) is 0. The van der Waals surface area contributed by atoms with Gasteiger partial charge in [-0.05, 0) is 60.4 Å². The van der Waals surface area contributed by atoms with Gasteiger partial charge in [-0.3, -0.25) is 5.10 Å². The van der Waals surface area contributed by atoms with E-state index in [4.69, 9.17) is 4.42 Å². The summed E-state index contributed by atoms with van der Waals surface area (Å²) < 4.78 is 6.14. The minimum atomic E-state index is 0.920. The molecule has 0 radical (unpaired) electrons. The highest BCUT2D eigenvalue weighted by Crippen LogP contribution is 2.38. The number of aromatic amines is 1. The van der Waals surface area contributed by atoms with E-state index in [-0.39, 0.29) is 0 Å². The number of para-hydroxylation sites is 2. The number of nitrogens with one attached hydrogen (secondary N) is 1. The SMILES string of the molecule is Cc1ccc(-c2n[nH]c3ccccc23)c(C)c1-c1ccc2c(c1)oc1ccccc12. The highest BCUT2D eigenvalue weighted by Gasteiger charge is 2.16. The standard InChI is InChI=1S/C27H20N2O/c1-16-11-13-19(27-22-8-3-5-9-23(22)28-29-27)17(2)26(16)18-12-14-21-20-7-4-6-10-24(20)30-25(21)15-18/h3-15H,1-2H3,(H,28,29). The van der Waals surface area contributed by atoms with E-state index in [0.29, 0.717) is 0 Å². The van der Waals surface area contributed by atoms with Gasteiger partial charge >= 0.3 is 0 Å². The van der Waals surface area contributed by atoms with Crippen LogP contribution in [0.15, 0.2) is 83.3 Å². The Morgan fingerprint density at radius 1 is 0.733 bits per heavy atom. The summed E-state index contributed by atoms with van der Waals surface area (Å²) in [4.78, 5) is 0. The summed E-state index contributed by atoms with van der Waals surface area (Å²) in [5.41, 5.74) is 9.91. The number of benzene rings is 4. The lowest BCUT2D eigenvalue weighted by Gasteiger charge is -2.14. The van der Waals surface area contributed by atoms with Crippen LogP contribution >= 0.6 is 0 Å². The number of H-pyrrole nitrogens is 1. The average Bonchev–Trinajstić information content (AvgIpc) is 3.35. The van der Waals surface area contributed by atoms with Crippen molar-refractivity contribution in [3.8, 4) is 22.4 Å². The van der Waals surface area contributed by atoms with E-state index < -0.39 is 0 Å². The molecule has 0 spiro atoms. The van der Waals surface area contributed by atoms with Gasteiger partial charge in [0.15, 0.2) is 0 Å². The maximum absolute atomic E-state index is 6.14. The van der Waals surface area contributed by atoms with Crippen molar-refractivity contribution < 1.29 is 4.42 Å². The Morgan fingerprint density at radius 2 is 1.50 bits per heavy atom. The summed E-state index contributed by atoms with van der Waals surface area (Å²) in [7, 11) is 0. The molecule has 2 aromatic heterocycles. The maximum atomic E-state index is 6.14. The zero-order valence-corrected chi connectivity index (χ0v) is 16.9. The van der Waals surface area contributed by atoms with Gasteiger partial charge in [0.25, 0.3) is 0 Å². The molecule has 0 aliphatic heterocycles. The predicted octanol–water partition coefficient (Wildman–Crippen LogP) is 7.41. The number of hydrogen-bond donors (Lipinski definition) is 1. The van der Waals surface area contributed by atoms with Crippen LogP contribution in [0.2, 0.25) is 0 Å². The van der Waals surface area contributed by atoms with E-state index in [2.05, 4.69) is 84.7 Å². The topological polar surface area (TPSA) is 41.8 Å². The Bertz CT molecular complexity index is 1570. The summed E-state index contributed by atoms with van der Waals surface area (Å²) in [6.45, 7) is 4.35. The first-order valence-electron chi connectivity index (χ1n) is 10.2. The first kappa shape index (κ1) is 17.0. The molecule has 6 aromatic rings. The Hall–Kier alpha value is -3.85. The van der Waals surface area contributed by atoms with Crippen molar-refractivity contribution in [3.05, 3.63) is 90.0 Å². The number of furan rings is 1. The van der Waals surface area contributed by atoms with Crippen LogP contribution in [0.5, 0.6) is 0 Å². The van der Waals surface area contributed by atoms with Gasteiger partial charge in [-0.15, -0.1) is 0 Å². The molecule has 0 aliphatic carbocycles. The zero-order valence-electron chi connectivity index (χ0n) is 16.9. The molecular formula is C27H20N2O. The first-order chi connectivity index (χ1) is 14.7. The molecule has 0 fully saturated rings. The van der Waals surface area contributed by atoms with Crippen LogP contribution in [0.25, 0.3) is 55.2 Å². The van der Waals surface area contributed by atoms with Crippen molar-refractivity contribution >= 4 is 32.8 Å². The zero-order chi connectivity index (χ0) is 20.2. The van der Waals surface area contributed by atoms with Gasteiger partial charge in [-0.2, -0.15) is 5.10 Å². The quantitative estimate of drug-likeness (QED) is 0.335. The molecule has 3 nitrogen and oxygen atoms in total. The molecule has 2 heterocycles. The van der Waals surface area contributed by atoms with Gasteiger partial charge in [0.2, 0.25) is 0 Å². The Kier molecular flexibility index (Phi) is 3.59. The van der Waals surface area contributed by atoms with E-state index in [9.17, 15) is 0 Å². The first-order valence-corrected chi connectivity index (χ1v) is 10.2. The number of aryl methyl sites for hydroxylation is 1. The molecule has 0 unspecified atom stereocenters. The van der Waals surface area contributed by atoms with Crippen LogP contribution in [0.1, 0.15) is 11.1 Å². The van der Waals surface area contributed by atoms with Crippen molar-refractivity contribution in [3.63, 3.8) is 0 Å². The van der Waals surface area contributed by atoms with Gasteiger partial charge < -0.3 is 4.42 Å². The molecule has 30 heavy (non-hydrogen) atoms. The third-order valence-corrected chi connectivity index (χ3v) is 6.07. The molecule has 0 amide bonds. The second-order valence-electron chi connectivity index (χ2n) is 7.86. The third kappa shape index (κ3) is 2.42. The smallest absolute Gasteiger partial charge is 0.136 e. The lowest BCUT2D eigenvalue weighted by Crippen LogP contribution is -1.93. The van der Waals surface area contributed by atoms with Gasteiger partial charge in [-0.25, -0.2) is 0 Å². The number of fused-ring (bicyclic) bond motifs is 4. The highest BCUT2D eigenvalue weighted by molar-refractivity contribution is 6.06. The minimum absolute atomic E-state index is 0.920. The van der Waals surface area contributed by atoms with Crippen LogP contribution in [0.4, 0.5) is 0 Å². The summed E-state index contributed by atoms with van der Waals surface area (Å²) in [6, 6.07) is 27.4. The van der Waals surface area contributed by atoms with E-state index in [1.54, 1.807) is 0 Å². The normalized spacial score (nSPS) is 11.7. The fourth-order valence-electron chi connectivity index (χ4n) is 4.60. The highest BCUT2D eigenvalue weighted by atomic mass is 16.3. The number of hydrogen-bond acceptors (Lipinski definition) is 2. The molecule has 0 atom stereocenters. The molecule has 0 saturated carbocycles. The van der Waals surface area contributed by atoms with Crippen LogP contribution in [-0.4, -0.2) is 10.2 Å². The number of nitrogens with zero attached hydrogens (tertiary/aromatic N) is 1. The average molecular weight is 388 g/mol. The van der Waals surface area contributed by atoms with Crippen LogP contribution in [-0.2, 0) is 0 Å². The number of rotatable bonds is 2.